The minimum Gasteiger partial charge on any atom is -0.488 e. The van der Waals surface area contributed by atoms with Gasteiger partial charge in [-0.2, -0.15) is 13.2 Å². The zero-order valence-corrected chi connectivity index (χ0v) is 19.3. The first-order valence-electron chi connectivity index (χ1n) is 10.7. The molecule has 0 spiro atoms. The molecule has 1 aliphatic carbocycles. The Balaban J connectivity index is 1.78. The molecule has 1 aromatic heterocycles. The van der Waals surface area contributed by atoms with Crippen molar-refractivity contribution in [3.63, 3.8) is 0 Å². The molecule has 0 atom stereocenters. The highest BCUT2D eigenvalue weighted by molar-refractivity contribution is 6.31. The third-order valence-corrected chi connectivity index (χ3v) is 6.05. The monoisotopic (exact) mass is 505 g/mol. The highest BCUT2D eigenvalue weighted by atomic mass is 35.5. The molecule has 4 rings (SSSR count). The second-order valence-electron chi connectivity index (χ2n) is 7.94. The van der Waals surface area contributed by atoms with Crippen LogP contribution in [0.5, 0.6) is 5.75 Å². The van der Waals surface area contributed by atoms with Gasteiger partial charge in [-0.15, -0.1) is 0 Å². The molecule has 0 amide bonds. The van der Waals surface area contributed by atoms with E-state index in [0.29, 0.717) is 36.1 Å². The molecule has 0 aliphatic heterocycles. The SMILES string of the molecule is COC(=O)c1cccc(C2=C(c3cc(C(F)(F)F)ccc3OCc3ccc(F)cc3Cl)CCC2)n1. The maximum absolute atomic E-state index is 13.6. The summed E-state index contributed by atoms with van der Waals surface area (Å²) in [6, 6.07) is 12.0. The number of hydrogen-bond donors (Lipinski definition) is 0. The van der Waals surface area contributed by atoms with E-state index >= 15 is 0 Å². The van der Waals surface area contributed by atoms with Crippen molar-refractivity contribution in [3.05, 3.63) is 93.5 Å². The summed E-state index contributed by atoms with van der Waals surface area (Å²) in [6.07, 6.45) is -2.76. The average molecular weight is 506 g/mol. The summed E-state index contributed by atoms with van der Waals surface area (Å²) in [4.78, 5) is 16.3. The third-order valence-electron chi connectivity index (χ3n) is 5.70. The standard InChI is InChI=1S/C26H20ClF4NO3/c1-34-25(33)23-7-3-6-22(32-23)19-5-2-4-18(19)20-12-16(26(29,30)31)9-11-24(20)35-14-15-8-10-17(28)13-21(15)27/h3,6-13H,2,4-5,14H2,1H3. The summed E-state index contributed by atoms with van der Waals surface area (Å²) in [5, 5.41) is 0.156. The molecule has 0 unspecified atom stereocenters. The largest absolute Gasteiger partial charge is 0.488 e. The van der Waals surface area contributed by atoms with Crippen LogP contribution in [-0.4, -0.2) is 18.1 Å². The Labute approximate surface area is 204 Å². The van der Waals surface area contributed by atoms with Crippen LogP contribution in [0.1, 0.15) is 52.1 Å². The summed E-state index contributed by atoms with van der Waals surface area (Å²) < 4.78 is 64.7. The molecule has 0 saturated heterocycles. The van der Waals surface area contributed by atoms with E-state index in [1.165, 1.54) is 31.4 Å². The summed E-state index contributed by atoms with van der Waals surface area (Å²) >= 11 is 6.08. The molecule has 0 bridgehead atoms. The number of benzene rings is 2. The number of allylic oxidation sites excluding steroid dienone is 2. The molecule has 1 aliphatic rings. The zero-order valence-electron chi connectivity index (χ0n) is 18.6. The molecule has 35 heavy (non-hydrogen) atoms. The van der Waals surface area contributed by atoms with Gasteiger partial charge in [0.15, 0.2) is 0 Å². The van der Waals surface area contributed by atoms with Crippen LogP contribution in [0.4, 0.5) is 17.6 Å². The molecule has 9 heteroatoms. The predicted molar refractivity (Wildman–Crippen MR) is 123 cm³/mol. The maximum Gasteiger partial charge on any atom is 0.416 e. The first-order chi connectivity index (χ1) is 16.7. The maximum atomic E-state index is 13.6. The molecule has 4 nitrogen and oxygen atoms in total. The fourth-order valence-electron chi connectivity index (χ4n) is 4.01. The Kier molecular flexibility index (Phi) is 7.12. The minimum absolute atomic E-state index is 0.0594. The van der Waals surface area contributed by atoms with E-state index in [4.69, 9.17) is 21.1 Å². The van der Waals surface area contributed by atoms with Crippen LogP contribution < -0.4 is 4.74 Å². The topological polar surface area (TPSA) is 48.4 Å². The van der Waals surface area contributed by atoms with Gasteiger partial charge in [-0.25, -0.2) is 14.2 Å². The van der Waals surface area contributed by atoms with Crippen molar-refractivity contribution in [2.75, 3.05) is 7.11 Å². The van der Waals surface area contributed by atoms with Gasteiger partial charge in [0, 0.05) is 11.1 Å². The first kappa shape index (κ1) is 24.7. The fourth-order valence-corrected chi connectivity index (χ4v) is 4.23. The third kappa shape index (κ3) is 5.48. The lowest BCUT2D eigenvalue weighted by Crippen LogP contribution is -2.07. The van der Waals surface area contributed by atoms with Crippen molar-refractivity contribution in [1.29, 1.82) is 0 Å². The van der Waals surface area contributed by atoms with Gasteiger partial charge in [0.25, 0.3) is 0 Å². The number of nitrogens with zero attached hydrogens (tertiary/aromatic N) is 1. The number of rotatable bonds is 6. The van der Waals surface area contributed by atoms with Gasteiger partial charge < -0.3 is 9.47 Å². The van der Waals surface area contributed by atoms with Crippen LogP contribution in [0.25, 0.3) is 11.1 Å². The van der Waals surface area contributed by atoms with E-state index < -0.39 is 23.5 Å². The van der Waals surface area contributed by atoms with Gasteiger partial charge in [-0.3, -0.25) is 0 Å². The number of methoxy groups -OCH3 is 1. The Morgan fingerprint density at radius 1 is 1.06 bits per heavy atom. The van der Waals surface area contributed by atoms with Crippen LogP contribution in [-0.2, 0) is 17.5 Å². The van der Waals surface area contributed by atoms with Crippen molar-refractivity contribution < 1.29 is 31.8 Å². The van der Waals surface area contributed by atoms with E-state index in [9.17, 15) is 22.4 Å². The number of ether oxygens (including phenoxy) is 2. The number of pyridine rings is 1. The Hall–Kier alpha value is -3.39. The highest BCUT2D eigenvalue weighted by Crippen LogP contribution is 2.44. The Morgan fingerprint density at radius 2 is 1.83 bits per heavy atom. The second kappa shape index (κ2) is 10.1. The van der Waals surface area contributed by atoms with Gasteiger partial charge in [0.05, 0.1) is 23.4 Å². The van der Waals surface area contributed by atoms with Gasteiger partial charge in [-0.1, -0.05) is 23.7 Å². The molecule has 1 heterocycles. The fraction of sp³-hybridized carbons (Fsp3) is 0.231. The predicted octanol–water partition coefficient (Wildman–Crippen LogP) is 7.35. The first-order valence-corrected chi connectivity index (χ1v) is 11.1. The molecule has 3 aromatic rings. The smallest absolute Gasteiger partial charge is 0.416 e. The van der Waals surface area contributed by atoms with Crippen LogP contribution in [0, 0.1) is 5.82 Å². The van der Waals surface area contributed by atoms with Crippen molar-refractivity contribution in [2.45, 2.75) is 32.0 Å². The van der Waals surface area contributed by atoms with E-state index in [1.54, 1.807) is 12.1 Å². The van der Waals surface area contributed by atoms with Gasteiger partial charge in [-0.05, 0) is 72.9 Å². The number of carbonyl (C=O) groups is 1. The van der Waals surface area contributed by atoms with Gasteiger partial charge in [0.1, 0.15) is 23.9 Å². The summed E-state index contributed by atoms with van der Waals surface area (Å²) in [6.45, 7) is -0.0594. The minimum atomic E-state index is -4.55. The molecule has 0 fully saturated rings. The van der Waals surface area contributed by atoms with Crippen LogP contribution >= 0.6 is 11.6 Å². The van der Waals surface area contributed by atoms with Crippen molar-refractivity contribution in [1.82, 2.24) is 4.98 Å². The van der Waals surface area contributed by atoms with Crippen LogP contribution in [0.2, 0.25) is 5.02 Å². The Bertz CT molecular complexity index is 1300. The molecule has 0 radical (unpaired) electrons. The van der Waals surface area contributed by atoms with Gasteiger partial charge >= 0.3 is 12.1 Å². The number of alkyl halides is 3. The normalized spacial score (nSPS) is 13.8. The highest BCUT2D eigenvalue weighted by Gasteiger charge is 2.32. The number of carbonyl (C=O) groups excluding carboxylic acids is 1. The second-order valence-corrected chi connectivity index (χ2v) is 8.35. The number of hydrogen-bond acceptors (Lipinski definition) is 4. The molecule has 0 N–H and O–H groups in total. The molecular formula is C26H20ClF4NO3. The van der Waals surface area contributed by atoms with Crippen LogP contribution in [0.3, 0.4) is 0 Å². The molecule has 0 saturated carbocycles. The lowest BCUT2D eigenvalue weighted by Gasteiger charge is -2.17. The summed E-state index contributed by atoms with van der Waals surface area (Å²) in [7, 11) is 1.25. The van der Waals surface area contributed by atoms with E-state index in [1.807, 2.05) is 0 Å². The molecular weight excluding hydrogens is 486 g/mol. The van der Waals surface area contributed by atoms with Crippen molar-refractivity contribution in [3.8, 4) is 5.75 Å². The molecule has 2 aromatic carbocycles. The summed E-state index contributed by atoms with van der Waals surface area (Å²) in [5.74, 6) is -0.875. The molecule has 182 valence electrons. The zero-order chi connectivity index (χ0) is 25.2. The van der Waals surface area contributed by atoms with Gasteiger partial charge in [0.2, 0.25) is 0 Å². The van der Waals surface area contributed by atoms with Crippen molar-refractivity contribution in [2.24, 2.45) is 0 Å². The van der Waals surface area contributed by atoms with Crippen molar-refractivity contribution >= 4 is 28.7 Å². The van der Waals surface area contributed by atoms with E-state index in [-0.39, 0.29) is 28.6 Å². The summed E-state index contributed by atoms with van der Waals surface area (Å²) in [5.41, 5.74) is 1.96. The van der Waals surface area contributed by atoms with E-state index in [0.717, 1.165) is 23.8 Å². The number of aromatic nitrogens is 1. The number of esters is 1. The lowest BCUT2D eigenvalue weighted by atomic mass is 9.97. The van der Waals surface area contributed by atoms with E-state index in [2.05, 4.69) is 4.98 Å². The quantitative estimate of drug-likeness (QED) is 0.259. The van der Waals surface area contributed by atoms with Crippen LogP contribution in [0.15, 0.2) is 54.6 Å². The average Bonchev–Trinajstić information content (AvgIpc) is 3.32. The number of halogens is 5. The Morgan fingerprint density at radius 3 is 2.54 bits per heavy atom. The lowest BCUT2D eigenvalue weighted by molar-refractivity contribution is -0.137.